The lowest BCUT2D eigenvalue weighted by molar-refractivity contribution is -0.119. The molecule has 0 aliphatic heterocycles. The fourth-order valence-electron chi connectivity index (χ4n) is 0.583. The first-order valence-electron chi connectivity index (χ1n) is 3.00. The minimum absolute atomic E-state index is 0.0449. The van der Waals surface area contributed by atoms with Gasteiger partial charge in [-0.05, 0) is 13.3 Å². The van der Waals surface area contributed by atoms with Gasteiger partial charge in [-0.15, -0.1) is 0 Å². The van der Waals surface area contributed by atoms with Gasteiger partial charge >= 0.3 is 0 Å². The molecular weight excluding hydrogens is 182 g/mol. The van der Waals surface area contributed by atoms with E-state index in [0.717, 1.165) is 11.8 Å². The maximum Gasteiger partial charge on any atom is 0.217 e. The van der Waals surface area contributed by atoms with Crippen LogP contribution in [0.5, 0.6) is 0 Å². The van der Waals surface area contributed by atoms with Crippen LogP contribution in [0.3, 0.4) is 0 Å². The van der Waals surface area contributed by atoms with Crippen LogP contribution in [0.1, 0.15) is 20.3 Å². The third-order valence-electron chi connectivity index (χ3n) is 0.992. The molecule has 1 atom stereocenters. The van der Waals surface area contributed by atoms with E-state index < -0.39 is 0 Å². The topological polar surface area (TPSA) is 29.1 Å². The van der Waals surface area contributed by atoms with Crippen molar-refractivity contribution < 1.29 is 4.79 Å². The van der Waals surface area contributed by atoms with Gasteiger partial charge in [-0.3, -0.25) is 4.79 Å². The highest BCUT2D eigenvalue weighted by atomic mass is 79.9. The number of rotatable bonds is 3. The lowest BCUT2D eigenvalue weighted by atomic mass is 10.3. The number of alkyl halides is 1. The molecule has 1 amide bonds. The number of carbonyl (C=O) groups is 1. The van der Waals surface area contributed by atoms with Crippen molar-refractivity contribution in [2.75, 3.05) is 5.33 Å². The number of hydrogen-bond acceptors (Lipinski definition) is 1. The molecule has 0 saturated carbocycles. The summed E-state index contributed by atoms with van der Waals surface area (Å²) in [6, 6.07) is 0.293. The second-order valence-corrected chi connectivity index (χ2v) is 2.87. The van der Waals surface area contributed by atoms with Crippen molar-refractivity contribution in [2.45, 2.75) is 26.3 Å². The molecule has 0 aromatic heterocycles. The zero-order valence-electron chi connectivity index (χ0n) is 5.78. The van der Waals surface area contributed by atoms with E-state index in [4.69, 9.17) is 0 Å². The second kappa shape index (κ2) is 4.79. The van der Waals surface area contributed by atoms with E-state index in [1.165, 1.54) is 6.92 Å². The Morgan fingerprint density at radius 2 is 2.33 bits per heavy atom. The monoisotopic (exact) mass is 193 g/mol. The lowest BCUT2D eigenvalue weighted by Gasteiger charge is -2.08. The molecule has 2 nitrogen and oxygen atoms in total. The molecule has 0 aromatic carbocycles. The molecule has 0 aliphatic rings. The largest absolute Gasteiger partial charge is 0.354 e. The molecule has 0 aliphatic carbocycles. The van der Waals surface area contributed by atoms with E-state index in [9.17, 15) is 4.79 Å². The molecule has 1 unspecified atom stereocenters. The van der Waals surface area contributed by atoms with E-state index >= 15 is 0 Å². The van der Waals surface area contributed by atoms with Crippen LogP contribution in [0.25, 0.3) is 0 Å². The third-order valence-corrected chi connectivity index (χ3v) is 1.45. The second-order valence-electron chi connectivity index (χ2n) is 2.08. The van der Waals surface area contributed by atoms with Crippen molar-refractivity contribution >= 4 is 21.8 Å². The van der Waals surface area contributed by atoms with E-state index in [-0.39, 0.29) is 5.91 Å². The molecule has 9 heavy (non-hydrogen) atoms. The minimum atomic E-state index is 0.0449. The Labute approximate surface area is 64.1 Å². The standard InChI is InChI=1S/C6H12BrNO/c1-5(3-4-7)8-6(2)9/h5H,3-4H2,1-2H3,(H,8,9). The van der Waals surface area contributed by atoms with Crippen molar-refractivity contribution in [1.82, 2.24) is 5.32 Å². The number of carbonyl (C=O) groups excluding carboxylic acids is 1. The molecular formula is C6H12BrNO. The van der Waals surface area contributed by atoms with Crippen molar-refractivity contribution in [1.29, 1.82) is 0 Å². The molecule has 0 rings (SSSR count). The molecule has 0 bridgehead atoms. The molecule has 0 spiro atoms. The quantitative estimate of drug-likeness (QED) is 0.674. The summed E-state index contributed by atoms with van der Waals surface area (Å²) in [5, 5.41) is 3.71. The first-order chi connectivity index (χ1) is 4.16. The van der Waals surface area contributed by atoms with Crippen LogP contribution in [0.2, 0.25) is 0 Å². The van der Waals surface area contributed by atoms with E-state index in [1.54, 1.807) is 0 Å². The zero-order chi connectivity index (χ0) is 7.28. The van der Waals surface area contributed by atoms with Gasteiger partial charge in [0, 0.05) is 18.3 Å². The number of nitrogens with one attached hydrogen (secondary N) is 1. The maximum absolute atomic E-state index is 10.4. The Bertz CT molecular complexity index is 95.1. The molecule has 1 N–H and O–H groups in total. The van der Waals surface area contributed by atoms with Gasteiger partial charge in [0.1, 0.15) is 0 Å². The first kappa shape index (κ1) is 8.95. The highest BCUT2D eigenvalue weighted by Gasteiger charge is 1.99. The van der Waals surface area contributed by atoms with Crippen LogP contribution in [0, 0.1) is 0 Å². The van der Waals surface area contributed by atoms with E-state index in [0.29, 0.717) is 6.04 Å². The number of hydrogen-bond donors (Lipinski definition) is 1. The van der Waals surface area contributed by atoms with Crippen LogP contribution in [-0.4, -0.2) is 17.3 Å². The summed E-state index contributed by atoms with van der Waals surface area (Å²) in [5.41, 5.74) is 0. The van der Waals surface area contributed by atoms with Gasteiger partial charge in [-0.25, -0.2) is 0 Å². The maximum atomic E-state index is 10.4. The summed E-state index contributed by atoms with van der Waals surface area (Å²) < 4.78 is 0. The minimum Gasteiger partial charge on any atom is -0.354 e. The highest BCUT2D eigenvalue weighted by Crippen LogP contribution is 1.93. The highest BCUT2D eigenvalue weighted by molar-refractivity contribution is 9.09. The average molecular weight is 194 g/mol. The van der Waals surface area contributed by atoms with Gasteiger partial charge in [0.2, 0.25) is 5.91 Å². The van der Waals surface area contributed by atoms with E-state index in [2.05, 4.69) is 21.2 Å². The Morgan fingerprint density at radius 1 is 1.78 bits per heavy atom. The zero-order valence-corrected chi connectivity index (χ0v) is 7.36. The molecule has 0 saturated heterocycles. The van der Waals surface area contributed by atoms with Gasteiger partial charge in [-0.1, -0.05) is 15.9 Å². The van der Waals surface area contributed by atoms with Crippen molar-refractivity contribution in [2.24, 2.45) is 0 Å². The smallest absolute Gasteiger partial charge is 0.217 e. The van der Waals surface area contributed by atoms with Gasteiger partial charge < -0.3 is 5.32 Å². The first-order valence-corrected chi connectivity index (χ1v) is 4.12. The SMILES string of the molecule is CC(=O)NC(C)CCBr. The Morgan fingerprint density at radius 3 is 2.67 bits per heavy atom. The van der Waals surface area contributed by atoms with Crippen LogP contribution in [0.4, 0.5) is 0 Å². The predicted molar refractivity (Wildman–Crippen MR) is 41.7 cm³/mol. The summed E-state index contributed by atoms with van der Waals surface area (Å²) >= 11 is 3.29. The predicted octanol–water partition coefficient (Wildman–Crippen LogP) is 1.30. The summed E-state index contributed by atoms with van der Waals surface area (Å²) in [4.78, 5) is 10.4. The van der Waals surface area contributed by atoms with Crippen LogP contribution >= 0.6 is 15.9 Å². The molecule has 3 heteroatoms. The van der Waals surface area contributed by atoms with Crippen LogP contribution in [0.15, 0.2) is 0 Å². The summed E-state index contributed by atoms with van der Waals surface area (Å²) in [6.45, 7) is 3.52. The fraction of sp³-hybridized carbons (Fsp3) is 0.833. The number of amides is 1. The Balaban J connectivity index is 3.26. The summed E-state index contributed by atoms with van der Waals surface area (Å²) in [5.74, 6) is 0.0449. The van der Waals surface area contributed by atoms with Crippen molar-refractivity contribution in [3.63, 3.8) is 0 Å². The number of halogens is 1. The molecule has 0 radical (unpaired) electrons. The summed E-state index contributed by atoms with van der Waals surface area (Å²) in [6.07, 6.45) is 0.986. The van der Waals surface area contributed by atoms with Crippen LogP contribution in [-0.2, 0) is 4.79 Å². The van der Waals surface area contributed by atoms with Gasteiger partial charge in [0.15, 0.2) is 0 Å². The lowest BCUT2D eigenvalue weighted by Crippen LogP contribution is -2.30. The molecule has 0 aromatic rings. The van der Waals surface area contributed by atoms with Gasteiger partial charge in [0.25, 0.3) is 0 Å². The average Bonchev–Trinajstić information content (AvgIpc) is 1.63. The summed E-state index contributed by atoms with van der Waals surface area (Å²) in [7, 11) is 0. The van der Waals surface area contributed by atoms with Crippen molar-refractivity contribution in [3.8, 4) is 0 Å². The van der Waals surface area contributed by atoms with Gasteiger partial charge in [0.05, 0.1) is 0 Å². The van der Waals surface area contributed by atoms with Gasteiger partial charge in [-0.2, -0.15) is 0 Å². The molecule has 0 heterocycles. The Kier molecular flexibility index (Phi) is 4.77. The molecule has 0 fully saturated rings. The fourth-order valence-corrected chi connectivity index (χ4v) is 1.27. The third kappa shape index (κ3) is 5.83. The molecule has 54 valence electrons. The van der Waals surface area contributed by atoms with Crippen LogP contribution < -0.4 is 5.32 Å². The normalized spacial score (nSPS) is 12.8. The Hall–Kier alpha value is -0.0500. The van der Waals surface area contributed by atoms with Crippen molar-refractivity contribution in [3.05, 3.63) is 0 Å². The van der Waals surface area contributed by atoms with E-state index in [1.807, 2.05) is 6.92 Å².